The van der Waals surface area contributed by atoms with Crippen LogP contribution in [0.15, 0.2) is 16.5 Å². The first-order valence-electron chi connectivity index (χ1n) is 4.53. The largest absolute Gasteiger partial charge is 0.457 e. The molecule has 2 aromatic rings. The smallest absolute Gasteiger partial charge is 0.201 e. The van der Waals surface area contributed by atoms with Crippen molar-refractivity contribution in [2.45, 2.75) is 13.3 Å². The minimum Gasteiger partial charge on any atom is -0.457 e. The number of aryl methyl sites for hydroxylation is 1. The van der Waals surface area contributed by atoms with E-state index in [9.17, 15) is 13.6 Å². The molecule has 0 amide bonds. The highest BCUT2D eigenvalue weighted by molar-refractivity contribution is 5.97. The molecule has 15 heavy (non-hydrogen) atoms. The molecule has 0 unspecified atom stereocenters. The molecule has 0 N–H and O–H groups in total. The van der Waals surface area contributed by atoms with Crippen molar-refractivity contribution in [2.24, 2.45) is 0 Å². The topological polar surface area (TPSA) is 30.2 Å². The van der Waals surface area contributed by atoms with Crippen molar-refractivity contribution >= 4 is 17.3 Å². The first-order chi connectivity index (χ1) is 7.19. The summed E-state index contributed by atoms with van der Waals surface area (Å²) in [6.45, 7) is 1.78. The molecule has 0 aliphatic heterocycles. The van der Waals surface area contributed by atoms with Crippen LogP contribution in [0.4, 0.5) is 8.78 Å². The van der Waals surface area contributed by atoms with Gasteiger partial charge in [-0.25, -0.2) is 4.39 Å². The maximum Gasteiger partial charge on any atom is 0.201 e. The zero-order valence-corrected chi connectivity index (χ0v) is 8.01. The van der Waals surface area contributed by atoms with E-state index in [1.807, 2.05) is 0 Å². The number of furan rings is 1. The van der Waals surface area contributed by atoms with Gasteiger partial charge in [-0.3, -0.25) is 4.79 Å². The molecule has 0 radical (unpaired) electrons. The Kier molecular flexibility index (Phi) is 2.26. The van der Waals surface area contributed by atoms with Crippen LogP contribution in [-0.2, 0) is 6.42 Å². The Bertz CT molecular complexity index is 529. The van der Waals surface area contributed by atoms with Gasteiger partial charge in [0.05, 0.1) is 5.56 Å². The van der Waals surface area contributed by atoms with Gasteiger partial charge in [-0.05, 0) is 12.1 Å². The van der Waals surface area contributed by atoms with E-state index in [-0.39, 0.29) is 5.58 Å². The summed E-state index contributed by atoms with van der Waals surface area (Å²) in [5.41, 5.74) is 0.111. The van der Waals surface area contributed by atoms with Gasteiger partial charge in [0.15, 0.2) is 17.7 Å². The predicted octanol–water partition coefficient (Wildman–Crippen LogP) is 3.09. The molecule has 1 aromatic heterocycles. The Morgan fingerprint density at radius 3 is 2.73 bits per heavy atom. The van der Waals surface area contributed by atoms with Crippen LogP contribution in [0.3, 0.4) is 0 Å². The summed E-state index contributed by atoms with van der Waals surface area (Å²) in [6.07, 6.45) is 1.06. The summed E-state index contributed by atoms with van der Waals surface area (Å²) in [5, 5.41) is 0.320. The first-order valence-corrected chi connectivity index (χ1v) is 4.53. The van der Waals surface area contributed by atoms with E-state index in [2.05, 4.69) is 0 Å². The lowest BCUT2D eigenvalue weighted by Crippen LogP contribution is -1.85. The van der Waals surface area contributed by atoms with E-state index in [0.717, 1.165) is 6.07 Å². The first kappa shape index (κ1) is 9.83. The summed E-state index contributed by atoms with van der Waals surface area (Å²) in [4.78, 5) is 10.8. The van der Waals surface area contributed by atoms with Gasteiger partial charge < -0.3 is 4.42 Å². The SMILES string of the molecule is CCc1oc2c(F)c(F)ccc2c1C=O. The van der Waals surface area contributed by atoms with Crippen molar-refractivity contribution in [2.75, 3.05) is 0 Å². The fraction of sp³-hybridized carbons (Fsp3) is 0.182. The number of hydrogen-bond donors (Lipinski definition) is 0. The van der Waals surface area contributed by atoms with Crippen molar-refractivity contribution in [3.05, 3.63) is 35.1 Å². The van der Waals surface area contributed by atoms with Gasteiger partial charge in [-0.2, -0.15) is 4.39 Å². The molecule has 0 saturated heterocycles. The Balaban J connectivity index is 2.87. The molecule has 0 saturated carbocycles. The Labute approximate surface area is 84.5 Å². The standard InChI is InChI=1S/C11H8F2O2/c1-2-9-7(5-14)6-3-4-8(12)10(13)11(6)15-9/h3-5H,2H2,1H3. The summed E-state index contributed by atoms with van der Waals surface area (Å²) in [6, 6.07) is 2.33. The number of carbonyl (C=O) groups excluding carboxylic acids is 1. The van der Waals surface area contributed by atoms with Crippen molar-refractivity contribution in [1.29, 1.82) is 0 Å². The summed E-state index contributed by atoms with van der Waals surface area (Å²) >= 11 is 0. The van der Waals surface area contributed by atoms with Crippen LogP contribution in [0.1, 0.15) is 23.0 Å². The second-order valence-corrected chi connectivity index (χ2v) is 3.15. The monoisotopic (exact) mass is 210 g/mol. The van der Waals surface area contributed by atoms with E-state index in [1.54, 1.807) is 6.92 Å². The molecule has 0 fully saturated rings. The Morgan fingerprint density at radius 2 is 2.13 bits per heavy atom. The zero-order chi connectivity index (χ0) is 11.0. The highest BCUT2D eigenvalue weighted by Crippen LogP contribution is 2.28. The molecular formula is C11H8F2O2. The maximum atomic E-state index is 13.3. The second kappa shape index (κ2) is 3.46. The zero-order valence-electron chi connectivity index (χ0n) is 8.01. The number of rotatable bonds is 2. The number of hydrogen-bond acceptors (Lipinski definition) is 2. The summed E-state index contributed by atoms with van der Waals surface area (Å²) < 4.78 is 31.3. The molecule has 0 atom stereocenters. The normalized spacial score (nSPS) is 10.9. The molecule has 0 aliphatic rings. The molecule has 0 bridgehead atoms. The van der Waals surface area contributed by atoms with Crippen LogP contribution in [0.25, 0.3) is 11.0 Å². The van der Waals surface area contributed by atoms with E-state index in [0.29, 0.717) is 29.4 Å². The summed E-state index contributed by atoms with van der Waals surface area (Å²) in [5.74, 6) is -1.64. The lowest BCUT2D eigenvalue weighted by Gasteiger charge is -1.92. The number of carbonyl (C=O) groups is 1. The molecule has 78 valence electrons. The molecule has 2 rings (SSSR count). The number of halogens is 2. The quantitative estimate of drug-likeness (QED) is 0.713. The van der Waals surface area contributed by atoms with Crippen molar-refractivity contribution in [3.8, 4) is 0 Å². The fourth-order valence-corrected chi connectivity index (χ4v) is 1.56. The van der Waals surface area contributed by atoms with Gasteiger partial charge in [-0.15, -0.1) is 0 Å². The van der Waals surface area contributed by atoms with Crippen molar-refractivity contribution in [3.63, 3.8) is 0 Å². The average Bonchev–Trinajstić information content (AvgIpc) is 2.61. The van der Waals surface area contributed by atoms with Gasteiger partial charge in [0.1, 0.15) is 5.76 Å². The van der Waals surface area contributed by atoms with Crippen molar-refractivity contribution < 1.29 is 18.0 Å². The van der Waals surface area contributed by atoms with Gasteiger partial charge >= 0.3 is 0 Å². The van der Waals surface area contributed by atoms with Gasteiger partial charge in [-0.1, -0.05) is 6.92 Å². The van der Waals surface area contributed by atoms with E-state index >= 15 is 0 Å². The highest BCUT2D eigenvalue weighted by atomic mass is 19.2. The Hall–Kier alpha value is -1.71. The molecular weight excluding hydrogens is 202 g/mol. The van der Waals surface area contributed by atoms with Crippen LogP contribution in [0, 0.1) is 11.6 Å². The second-order valence-electron chi connectivity index (χ2n) is 3.15. The van der Waals surface area contributed by atoms with Crippen LogP contribution < -0.4 is 0 Å². The lowest BCUT2D eigenvalue weighted by atomic mass is 10.1. The Morgan fingerprint density at radius 1 is 1.40 bits per heavy atom. The van der Waals surface area contributed by atoms with Crippen LogP contribution >= 0.6 is 0 Å². The van der Waals surface area contributed by atoms with Crippen molar-refractivity contribution in [1.82, 2.24) is 0 Å². The van der Waals surface area contributed by atoms with Crippen LogP contribution in [0.5, 0.6) is 0 Å². The van der Waals surface area contributed by atoms with Crippen LogP contribution in [0.2, 0.25) is 0 Å². The number of benzene rings is 1. The molecule has 1 heterocycles. The van der Waals surface area contributed by atoms with Gasteiger partial charge in [0.2, 0.25) is 5.82 Å². The third-order valence-corrected chi connectivity index (χ3v) is 2.30. The highest BCUT2D eigenvalue weighted by Gasteiger charge is 2.17. The maximum absolute atomic E-state index is 13.3. The lowest BCUT2D eigenvalue weighted by molar-refractivity contribution is 0.112. The molecule has 0 spiro atoms. The summed E-state index contributed by atoms with van der Waals surface area (Å²) in [7, 11) is 0. The number of fused-ring (bicyclic) bond motifs is 1. The van der Waals surface area contributed by atoms with Crippen LogP contribution in [-0.4, -0.2) is 6.29 Å². The van der Waals surface area contributed by atoms with E-state index in [4.69, 9.17) is 4.42 Å². The fourth-order valence-electron chi connectivity index (χ4n) is 1.56. The third kappa shape index (κ3) is 1.33. The minimum absolute atomic E-state index is 0.186. The number of aldehydes is 1. The van der Waals surface area contributed by atoms with Gasteiger partial charge in [0, 0.05) is 11.8 Å². The molecule has 1 aromatic carbocycles. The van der Waals surface area contributed by atoms with E-state index in [1.165, 1.54) is 6.07 Å². The van der Waals surface area contributed by atoms with Gasteiger partial charge in [0.25, 0.3) is 0 Å². The molecule has 0 aliphatic carbocycles. The third-order valence-electron chi connectivity index (χ3n) is 2.30. The van der Waals surface area contributed by atoms with E-state index < -0.39 is 11.6 Å². The minimum atomic E-state index is -1.05. The molecule has 4 heteroatoms. The predicted molar refractivity (Wildman–Crippen MR) is 50.9 cm³/mol. The molecule has 2 nitrogen and oxygen atoms in total. The average molecular weight is 210 g/mol.